The summed E-state index contributed by atoms with van der Waals surface area (Å²) in [5, 5.41) is 11.4. The molecule has 0 bridgehead atoms. The van der Waals surface area contributed by atoms with Crippen LogP contribution in [0.2, 0.25) is 0 Å². The number of ether oxygens (including phenoxy) is 2. The Morgan fingerprint density at radius 3 is 2.60 bits per heavy atom. The Labute approximate surface area is 90.7 Å². The fraction of sp³-hybridized carbons (Fsp3) is 0.444. The molecule has 0 fully saturated rings. The molecule has 0 aliphatic rings. The Kier molecular flexibility index (Phi) is 3.90. The van der Waals surface area contributed by atoms with Crippen molar-refractivity contribution in [3.05, 3.63) is 23.2 Å². The fourth-order valence-electron chi connectivity index (χ4n) is 1.24. The van der Waals surface area contributed by atoms with Crippen molar-refractivity contribution in [2.45, 2.75) is 5.75 Å². The van der Waals surface area contributed by atoms with Gasteiger partial charge in [-0.2, -0.15) is 4.73 Å². The highest BCUT2D eigenvalue weighted by Gasteiger charge is 2.20. The summed E-state index contributed by atoms with van der Waals surface area (Å²) < 4.78 is 21.8. The Morgan fingerprint density at radius 1 is 1.47 bits per heavy atom. The second-order valence-electron chi connectivity index (χ2n) is 2.91. The van der Waals surface area contributed by atoms with E-state index in [1.54, 1.807) is 0 Å². The smallest absolute Gasteiger partial charge is 0.251 e. The zero-order valence-electron chi connectivity index (χ0n) is 8.85. The number of rotatable bonds is 4. The van der Waals surface area contributed by atoms with Crippen LogP contribution in [0.4, 0.5) is 0 Å². The summed E-state index contributed by atoms with van der Waals surface area (Å²) in [5.41, 5.74) is 0.317. The van der Waals surface area contributed by atoms with Gasteiger partial charge in [0.2, 0.25) is 5.75 Å². The molecule has 1 heterocycles. The van der Waals surface area contributed by atoms with E-state index in [9.17, 15) is 9.42 Å². The van der Waals surface area contributed by atoms with E-state index in [2.05, 4.69) is 0 Å². The van der Waals surface area contributed by atoms with Gasteiger partial charge in [-0.15, -0.1) is 0 Å². The van der Waals surface area contributed by atoms with Crippen molar-refractivity contribution in [3.8, 4) is 11.5 Å². The van der Waals surface area contributed by atoms with Crippen LogP contribution in [0.15, 0.2) is 12.3 Å². The minimum atomic E-state index is -1.11. The van der Waals surface area contributed by atoms with E-state index in [1.807, 2.05) is 0 Å². The predicted octanol–water partition coefficient (Wildman–Crippen LogP) is 0.216. The van der Waals surface area contributed by atoms with Crippen LogP contribution in [-0.4, -0.2) is 24.7 Å². The average molecular weight is 231 g/mol. The number of pyridine rings is 1. The quantitative estimate of drug-likeness (QED) is 0.549. The molecule has 0 aliphatic heterocycles. The molecule has 0 radical (unpaired) electrons. The third kappa shape index (κ3) is 2.59. The van der Waals surface area contributed by atoms with Crippen LogP contribution in [-0.2, 0) is 16.6 Å². The van der Waals surface area contributed by atoms with Gasteiger partial charge in [-0.05, 0) is 0 Å². The lowest BCUT2D eigenvalue weighted by atomic mass is 10.3. The lowest BCUT2D eigenvalue weighted by Gasteiger charge is -2.11. The van der Waals surface area contributed by atoms with Crippen molar-refractivity contribution < 1.29 is 18.4 Å². The summed E-state index contributed by atoms with van der Waals surface area (Å²) in [5.74, 6) is 0.944. The van der Waals surface area contributed by atoms with Crippen LogP contribution in [0.5, 0.6) is 11.5 Å². The van der Waals surface area contributed by atoms with Crippen LogP contribution in [0.25, 0.3) is 0 Å². The molecule has 1 aromatic rings. The van der Waals surface area contributed by atoms with Gasteiger partial charge in [0.05, 0.1) is 14.2 Å². The van der Waals surface area contributed by atoms with E-state index >= 15 is 0 Å². The molecule has 1 aromatic heterocycles. The van der Waals surface area contributed by atoms with Crippen LogP contribution in [0.1, 0.15) is 5.69 Å². The molecule has 0 saturated carbocycles. The lowest BCUT2D eigenvalue weighted by Crippen LogP contribution is -2.32. The van der Waals surface area contributed by atoms with E-state index in [0.29, 0.717) is 21.9 Å². The SMILES string of the molecule is COc1cc[n+]([O-])c(CS(C)=O)c1OC. The molecule has 0 saturated heterocycles. The zero-order chi connectivity index (χ0) is 11.4. The average Bonchev–Trinajstić information content (AvgIpc) is 2.20. The summed E-state index contributed by atoms with van der Waals surface area (Å²) >= 11 is 0. The van der Waals surface area contributed by atoms with Crippen molar-refractivity contribution in [3.63, 3.8) is 0 Å². The van der Waals surface area contributed by atoms with Gasteiger partial charge in [0.1, 0.15) is 5.75 Å². The Hall–Kier alpha value is -1.30. The highest BCUT2D eigenvalue weighted by atomic mass is 32.2. The summed E-state index contributed by atoms with van der Waals surface area (Å²) in [6.07, 6.45) is 2.84. The van der Waals surface area contributed by atoms with Crippen LogP contribution < -0.4 is 14.2 Å². The van der Waals surface area contributed by atoms with Gasteiger partial charge < -0.3 is 14.7 Å². The van der Waals surface area contributed by atoms with E-state index in [0.717, 1.165) is 0 Å². The molecule has 1 unspecified atom stereocenters. The largest absolute Gasteiger partial charge is 0.618 e. The monoisotopic (exact) mass is 231 g/mol. The molecule has 0 aromatic carbocycles. The first-order valence-corrected chi connectivity index (χ1v) is 5.96. The van der Waals surface area contributed by atoms with Gasteiger partial charge >= 0.3 is 0 Å². The van der Waals surface area contributed by atoms with Crippen molar-refractivity contribution in [2.75, 3.05) is 20.5 Å². The molecule has 0 spiro atoms. The zero-order valence-corrected chi connectivity index (χ0v) is 9.67. The molecule has 5 nitrogen and oxygen atoms in total. The Morgan fingerprint density at radius 2 is 2.13 bits per heavy atom. The number of hydrogen-bond donors (Lipinski definition) is 0. The van der Waals surface area contributed by atoms with Crippen molar-refractivity contribution >= 4 is 10.8 Å². The van der Waals surface area contributed by atoms with Gasteiger partial charge in [0.25, 0.3) is 5.69 Å². The maximum absolute atomic E-state index is 11.4. The van der Waals surface area contributed by atoms with Gasteiger partial charge in [0.15, 0.2) is 11.9 Å². The molecule has 15 heavy (non-hydrogen) atoms. The van der Waals surface area contributed by atoms with E-state index in [-0.39, 0.29) is 5.75 Å². The highest BCUT2D eigenvalue weighted by molar-refractivity contribution is 7.83. The molecule has 6 heteroatoms. The minimum absolute atomic E-state index is 0.143. The Bertz CT molecular complexity index is 381. The standard InChI is InChI=1S/C9H13NO4S/c1-13-8-4-5-10(11)7(6-15(3)12)9(8)14-2/h4-5H,6H2,1-3H3. The van der Waals surface area contributed by atoms with E-state index < -0.39 is 10.8 Å². The summed E-state index contributed by atoms with van der Waals surface area (Å²) in [7, 11) is 1.82. The number of aromatic nitrogens is 1. The van der Waals surface area contributed by atoms with Crippen molar-refractivity contribution in [2.24, 2.45) is 0 Å². The summed E-state index contributed by atoms with van der Waals surface area (Å²) in [6.45, 7) is 0. The van der Waals surface area contributed by atoms with Crippen LogP contribution >= 0.6 is 0 Å². The van der Waals surface area contributed by atoms with Crippen molar-refractivity contribution in [1.29, 1.82) is 0 Å². The molecule has 1 atom stereocenters. The maximum Gasteiger partial charge on any atom is 0.251 e. The second-order valence-corrected chi connectivity index (χ2v) is 4.34. The molecular formula is C9H13NO4S. The van der Waals surface area contributed by atoms with Crippen molar-refractivity contribution in [1.82, 2.24) is 0 Å². The third-order valence-corrected chi connectivity index (χ3v) is 2.56. The summed E-state index contributed by atoms with van der Waals surface area (Å²) in [6, 6.07) is 1.51. The summed E-state index contributed by atoms with van der Waals surface area (Å²) in [4.78, 5) is 0. The van der Waals surface area contributed by atoms with Gasteiger partial charge in [-0.1, -0.05) is 0 Å². The fourth-order valence-corrected chi connectivity index (χ4v) is 1.89. The molecular weight excluding hydrogens is 218 g/mol. The minimum Gasteiger partial charge on any atom is -0.618 e. The van der Waals surface area contributed by atoms with Crippen LogP contribution in [0.3, 0.4) is 0 Å². The first-order chi connectivity index (χ1) is 7.10. The lowest BCUT2D eigenvalue weighted by molar-refractivity contribution is -0.613. The Balaban J connectivity index is 3.25. The molecule has 0 aliphatic carbocycles. The third-order valence-electron chi connectivity index (χ3n) is 1.88. The maximum atomic E-state index is 11.4. The van der Waals surface area contributed by atoms with Gasteiger partial charge in [-0.3, -0.25) is 4.21 Å². The molecule has 0 N–H and O–H groups in total. The first kappa shape index (κ1) is 11.8. The van der Waals surface area contributed by atoms with E-state index in [4.69, 9.17) is 9.47 Å². The van der Waals surface area contributed by atoms with Gasteiger partial charge in [0, 0.05) is 23.1 Å². The molecule has 84 valence electrons. The number of methoxy groups -OCH3 is 2. The second kappa shape index (κ2) is 4.97. The number of hydrogen-bond acceptors (Lipinski definition) is 4. The van der Waals surface area contributed by atoms with E-state index in [1.165, 1.54) is 32.7 Å². The highest BCUT2D eigenvalue weighted by Crippen LogP contribution is 2.28. The predicted molar refractivity (Wildman–Crippen MR) is 56.3 cm³/mol. The first-order valence-electron chi connectivity index (χ1n) is 4.23. The molecule has 0 amide bonds. The van der Waals surface area contributed by atoms with Crippen LogP contribution in [0, 0.1) is 5.21 Å². The van der Waals surface area contributed by atoms with Gasteiger partial charge in [-0.25, -0.2) is 0 Å². The number of nitrogens with zero attached hydrogens (tertiary/aromatic N) is 1. The molecule has 1 rings (SSSR count). The normalized spacial score (nSPS) is 12.2. The topological polar surface area (TPSA) is 62.5 Å².